The molecule has 0 bridgehead atoms. The highest BCUT2D eigenvalue weighted by Gasteiger charge is 2.18. The number of halogens is 1. The first-order valence-corrected chi connectivity index (χ1v) is 7.98. The van der Waals surface area contributed by atoms with Crippen molar-refractivity contribution in [1.29, 1.82) is 0 Å². The molecule has 0 heterocycles. The summed E-state index contributed by atoms with van der Waals surface area (Å²) in [6, 6.07) is 7.94. The maximum Gasteiger partial charge on any atom is 0.262 e. The predicted octanol–water partition coefficient (Wildman–Crippen LogP) is 2.65. The third kappa shape index (κ3) is 3.65. The number of hydrogen-bond donors (Lipinski definition) is 1. The van der Waals surface area contributed by atoms with Gasteiger partial charge in [-0.05, 0) is 24.3 Å². The highest BCUT2D eigenvalue weighted by atomic mass is 32.2. The fourth-order valence-electron chi connectivity index (χ4n) is 1.93. The van der Waals surface area contributed by atoms with Crippen LogP contribution in [0.1, 0.15) is 0 Å². The minimum Gasteiger partial charge on any atom is -0.494 e. The van der Waals surface area contributed by atoms with Crippen molar-refractivity contribution < 1.29 is 27.0 Å². The Morgan fingerprint density at radius 1 is 0.870 bits per heavy atom. The molecule has 0 fully saturated rings. The van der Waals surface area contributed by atoms with Crippen LogP contribution in [-0.4, -0.2) is 29.7 Å². The molecule has 0 radical (unpaired) electrons. The molecule has 0 spiro atoms. The SMILES string of the molecule is COc1ccc(NS(=O)(=O)c2ccc(OC)c(OC)c2)cc1F. The lowest BCUT2D eigenvalue weighted by atomic mass is 10.3. The first kappa shape index (κ1) is 16.9. The van der Waals surface area contributed by atoms with Crippen LogP contribution in [0.3, 0.4) is 0 Å². The fraction of sp³-hybridized carbons (Fsp3) is 0.200. The van der Waals surface area contributed by atoms with Crippen molar-refractivity contribution in [3.8, 4) is 17.2 Å². The second kappa shape index (κ2) is 6.74. The van der Waals surface area contributed by atoms with Crippen LogP contribution in [0.2, 0.25) is 0 Å². The summed E-state index contributed by atoms with van der Waals surface area (Å²) in [5.74, 6) is 0.0392. The Balaban J connectivity index is 2.33. The maximum absolute atomic E-state index is 13.6. The molecule has 2 aromatic carbocycles. The molecule has 0 amide bonds. The average molecular weight is 341 g/mol. The van der Waals surface area contributed by atoms with Crippen LogP contribution in [0.25, 0.3) is 0 Å². The van der Waals surface area contributed by atoms with Gasteiger partial charge >= 0.3 is 0 Å². The van der Waals surface area contributed by atoms with E-state index in [1.54, 1.807) is 0 Å². The van der Waals surface area contributed by atoms with Gasteiger partial charge in [-0.25, -0.2) is 12.8 Å². The Kier molecular flexibility index (Phi) is 4.95. The Hall–Kier alpha value is -2.48. The van der Waals surface area contributed by atoms with E-state index in [1.165, 1.54) is 51.7 Å². The van der Waals surface area contributed by atoms with E-state index >= 15 is 0 Å². The zero-order valence-corrected chi connectivity index (χ0v) is 13.6. The zero-order chi connectivity index (χ0) is 17.0. The van der Waals surface area contributed by atoms with Gasteiger partial charge in [0.15, 0.2) is 23.1 Å². The standard InChI is InChI=1S/C15H16FNO5S/c1-20-13-6-4-10(8-12(13)16)17-23(18,19)11-5-7-14(21-2)15(9-11)22-3/h4-9,17H,1-3H3. The Bertz CT molecular complexity index is 808. The number of nitrogens with one attached hydrogen (secondary N) is 1. The molecule has 0 aliphatic rings. The van der Waals surface area contributed by atoms with E-state index in [9.17, 15) is 12.8 Å². The van der Waals surface area contributed by atoms with Gasteiger partial charge in [-0.2, -0.15) is 0 Å². The van der Waals surface area contributed by atoms with Gasteiger partial charge in [0.1, 0.15) is 0 Å². The van der Waals surface area contributed by atoms with E-state index in [0.717, 1.165) is 6.07 Å². The van der Waals surface area contributed by atoms with Crippen LogP contribution in [0.5, 0.6) is 17.2 Å². The van der Waals surface area contributed by atoms with Gasteiger partial charge in [-0.1, -0.05) is 0 Å². The first-order valence-electron chi connectivity index (χ1n) is 6.49. The molecule has 0 unspecified atom stereocenters. The third-order valence-electron chi connectivity index (χ3n) is 3.07. The lowest BCUT2D eigenvalue weighted by Crippen LogP contribution is -2.13. The van der Waals surface area contributed by atoms with Gasteiger partial charge < -0.3 is 14.2 Å². The summed E-state index contributed by atoms with van der Waals surface area (Å²) in [5.41, 5.74) is 0.0816. The molecule has 0 aliphatic heterocycles. The Morgan fingerprint density at radius 3 is 2.04 bits per heavy atom. The summed E-state index contributed by atoms with van der Waals surface area (Å²) < 4.78 is 55.6. The summed E-state index contributed by atoms with van der Waals surface area (Å²) in [5, 5.41) is 0. The summed E-state index contributed by atoms with van der Waals surface area (Å²) in [7, 11) is 0.277. The van der Waals surface area contributed by atoms with Crippen LogP contribution in [0, 0.1) is 5.82 Å². The Morgan fingerprint density at radius 2 is 1.48 bits per heavy atom. The molecule has 0 saturated carbocycles. The molecule has 6 nitrogen and oxygen atoms in total. The number of benzene rings is 2. The highest BCUT2D eigenvalue weighted by Crippen LogP contribution is 2.30. The topological polar surface area (TPSA) is 73.9 Å². The van der Waals surface area contributed by atoms with E-state index in [2.05, 4.69) is 4.72 Å². The molecule has 0 atom stereocenters. The van der Waals surface area contributed by atoms with E-state index in [4.69, 9.17) is 14.2 Å². The van der Waals surface area contributed by atoms with Crippen molar-refractivity contribution in [3.05, 3.63) is 42.2 Å². The number of anilines is 1. The number of sulfonamides is 1. The van der Waals surface area contributed by atoms with Crippen molar-refractivity contribution in [2.24, 2.45) is 0 Å². The Labute approximate surface area is 133 Å². The first-order chi connectivity index (χ1) is 10.9. The van der Waals surface area contributed by atoms with E-state index in [-0.39, 0.29) is 22.1 Å². The summed E-state index contributed by atoms with van der Waals surface area (Å²) >= 11 is 0. The van der Waals surface area contributed by atoms with Crippen LogP contribution in [-0.2, 0) is 10.0 Å². The average Bonchev–Trinajstić information content (AvgIpc) is 2.54. The molecule has 0 saturated heterocycles. The van der Waals surface area contributed by atoms with E-state index in [1.807, 2.05) is 0 Å². The molecule has 2 rings (SSSR count). The second-order valence-electron chi connectivity index (χ2n) is 4.47. The van der Waals surface area contributed by atoms with Crippen molar-refractivity contribution in [2.45, 2.75) is 4.90 Å². The number of hydrogen-bond acceptors (Lipinski definition) is 5. The number of ether oxygens (including phenoxy) is 3. The molecule has 2 aromatic rings. The third-order valence-corrected chi connectivity index (χ3v) is 4.45. The lowest BCUT2D eigenvalue weighted by Gasteiger charge is -2.12. The highest BCUT2D eigenvalue weighted by molar-refractivity contribution is 7.92. The van der Waals surface area contributed by atoms with Crippen molar-refractivity contribution in [2.75, 3.05) is 26.1 Å². The van der Waals surface area contributed by atoms with Crippen LogP contribution < -0.4 is 18.9 Å². The van der Waals surface area contributed by atoms with Gasteiger partial charge in [0.2, 0.25) is 0 Å². The van der Waals surface area contributed by atoms with Crippen LogP contribution in [0.15, 0.2) is 41.3 Å². The quantitative estimate of drug-likeness (QED) is 0.874. The molecular formula is C15H16FNO5S. The van der Waals surface area contributed by atoms with Gasteiger partial charge in [0, 0.05) is 12.1 Å². The molecule has 23 heavy (non-hydrogen) atoms. The van der Waals surface area contributed by atoms with Crippen molar-refractivity contribution in [1.82, 2.24) is 0 Å². The summed E-state index contributed by atoms with van der Waals surface area (Å²) in [4.78, 5) is -0.0358. The van der Waals surface area contributed by atoms with Crippen molar-refractivity contribution in [3.63, 3.8) is 0 Å². The predicted molar refractivity (Wildman–Crippen MR) is 83.3 cm³/mol. The smallest absolute Gasteiger partial charge is 0.262 e. The van der Waals surface area contributed by atoms with Crippen LogP contribution >= 0.6 is 0 Å². The molecule has 1 N–H and O–H groups in total. The zero-order valence-electron chi connectivity index (χ0n) is 12.8. The molecule has 124 valence electrons. The molecule has 0 aliphatic carbocycles. The van der Waals surface area contributed by atoms with E-state index in [0.29, 0.717) is 5.75 Å². The number of rotatable bonds is 6. The lowest BCUT2D eigenvalue weighted by molar-refractivity contribution is 0.354. The van der Waals surface area contributed by atoms with Gasteiger partial charge in [0.25, 0.3) is 10.0 Å². The molecule has 0 aromatic heterocycles. The van der Waals surface area contributed by atoms with Crippen molar-refractivity contribution >= 4 is 15.7 Å². The van der Waals surface area contributed by atoms with Gasteiger partial charge in [-0.15, -0.1) is 0 Å². The van der Waals surface area contributed by atoms with Crippen LogP contribution in [0.4, 0.5) is 10.1 Å². The second-order valence-corrected chi connectivity index (χ2v) is 6.15. The molecule has 8 heteroatoms. The van der Waals surface area contributed by atoms with E-state index < -0.39 is 15.8 Å². The summed E-state index contributed by atoms with van der Waals surface area (Å²) in [6.07, 6.45) is 0. The monoisotopic (exact) mass is 341 g/mol. The summed E-state index contributed by atoms with van der Waals surface area (Å²) in [6.45, 7) is 0. The number of methoxy groups -OCH3 is 3. The minimum atomic E-state index is -3.90. The molecular weight excluding hydrogens is 325 g/mol. The maximum atomic E-state index is 13.6. The van der Waals surface area contributed by atoms with Gasteiger partial charge in [-0.3, -0.25) is 4.72 Å². The largest absolute Gasteiger partial charge is 0.494 e. The fourth-order valence-corrected chi connectivity index (χ4v) is 2.99. The van der Waals surface area contributed by atoms with Gasteiger partial charge in [0.05, 0.1) is 31.9 Å². The minimum absolute atomic E-state index is 0.0269. The normalized spacial score (nSPS) is 11.0.